The summed E-state index contributed by atoms with van der Waals surface area (Å²) in [6.07, 6.45) is 39.4. The van der Waals surface area contributed by atoms with Gasteiger partial charge in [-0.3, -0.25) is 0 Å². The van der Waals surface area contributed by atoms with Crippen molar-refractivity contribution in [3.63, 3.8) is 0 Å². The topological polar surface area (TPSA) is 26.3 Å². The van der Waals surface area contributed by atoms with Gasteiger partial charge in [-0.25, -0.2) is 4.79 Å². The molecule has 0 radical (unpaired) electrons. The minimum atomic E-state index is -0.250. The molecule has 0 aromatic heterocycles. The average molecular weight is 535 g/mol. The largest absolute Gasteiger partial charge is 0.462 e. The van der Waals surface area contributed by atoms with Crippen LogP contribution in [0, 0.1) is 5.92 Å². The average Bonchev–Trinajstić information content (AvgIpc) is 2.90. The van der Waals surface area contributed by atoms with E-state index in [1.165, 1.54) is 173 Å². The third-order valence-corrected chi connectivity index (χ3v) is 8.22. The normalized spacial score (nSPS) is 12.1. The molecule has 0 heterocycles. The van der Waals surface area contributed by atoms with E-state index in [2.05, 4.69) is 20.4 Å². The van der Waals surface area contributed by atoms with Gasteiger partial charge in [0.2, 0.25) is 0 Å². The van der Waals surface area contributed by atoms with Crippen molar-refractivity contribution in [3.05, 3.63) is 12.2 Å². The zero-order valence-corrected chi connectivity index (χ0v) is 26.6. The standard InChI is InChI=1S/C36H70O2/c1-5-6-7-28-31-35(4)32-29-26-24-22-20-18-16-14-12-10-8-9-11-13-15-17-19-21-23-25-27-30-33-38-36(37)34(2)3/h35H,2,5-33H2,1,3-4H3. The van der Waals surface area contributed by atoms with Crippen LogP contribution in [0.2, 0.25) is 0 Å². The number of carbonyl (C=O) groups excluding carboxylic acids is 1. The van der Waals surface area contributed by atoms with E-state index in [4.69, 9.17) is 4.74 Å². The molecule has 38 heavy (non-hydrogen) atoms. The number of rotatable bonds is 31. The summed E-state index contributed by atoms with van der Waals surface area (Å²) in [6, 6.07) is 0. The smallest absolute Gasteiger partial charge is 0.333 e. The Morgan fingerprint density at radius 1 is 0.526 bits per heavy atom. The lowest BCUT2D eigenvalue weighted by atomic mass is 9.96. The Hall–Kier alpha value is -0.790. The molecule has 0 aromatic rings. The van der Waals surface area contributed by atoms with Crippen LogP contribution in [0.4, 0.5) is 0 Å². The first kappa shape index (κ1) is 37.2. The summed E-state index contributed by atoms with van der Waals surface area (Å²) in [5.41, 5.74) is 0.496. The van der Waals surface area contributed by atoms with Gasteiger partial charge in [0.25, 0.3) is 0 Å². The maximum atomic E-state index is 11.3. The quantitative estimate of drug-likeness (QED) is 0.0502. The molecular weight excluding hydrogens is 464 g/mol. The van der Waals surface area contributed by atoms with Gasteiger partial charge in [0.05, 0.1) is 6.61 Å². The molecule has 0 aliphatic rings. The van der Waals surface area contributed by atoms with E-state index >= 15 is 0 Å². The first-order valence-electron chi connectivity index (χ1n) is 17.4. The van der Waals surface area contributed by atoms with E-state index in [-0.39, 0.29) is 5.97 Å². The van der Waals surface area contributed by atoms with Crippen LogP contribution in [-0.4, -0.2) is 12.6 Å². The lowest BCUT2D eigenvalue weighted by Crippen LogP contribution is -2.05. The zero-order valence-electron chi connectivity index (χ0n) is 26.6. The molecule has 226 valence electrons. The van der Waals surface area contributed by atoms with E-state index in [0.29, 0.717) is 12.2 Å². The molecule has 1 unspecified atom stereocenters. The Balaban J connectivity index is 3.11. The van der Waals surface area contributed by atoms with Crippen LogP contribution < -0.4 is 0 Å². The molecule has 0 aromatic carbocycles. The number of unbranched alkanes of at least 4 members (excludes halogenated alkanes) is 24. The third kappa shape index (κ3) is 29.8. The van der Waals surface area contributed by atoms with Crippen molar-refractivity contribution < 1.29 is 9.53 Å². The van der Waals surface area contributed by atoms with Crippen LogP contribution in [0.15, 0.2) is 12.2 Å². The molecule has 0 aliphatic heterocycles. The van der Waals surface area contributed by atoms with E-state index < -0.39 is 0 Å². The molecule has 0 rings (SSSR count). The van der Waals surface area contributed by atoms with Crippen LogP contribution in [0.25, 0.3) is 0 Å². The molecule has 0 bridgehead atoms. The van der Waals surface area contributed by atoms with E-state index in [9.17, 15) is 4.79 Å². The molecule has 0 fully saturated rings. The lowest BCUT2D eigenvalue weighted by Gasteiger charge is -2.10. The SMILES string of the molecule is C=C(C)C(=O)OCCCCCCCCCCCCCCCCCCCCCCCCC(C)CCCCCC. The number of ether oxygens (including phenoxy) is 1. The second kappa shape index (κ2) is 30.7. The fourth-order valence-electron chi connectivity index (χ4n) is 5.48. The Labute approximate surface area is 240 Å². The van der Waals surface area contributed by atoms with Gasteiger partial charge in [0, 0.05) is 5.57 Å². The molecule has 2 heteroatoms. The summed E-state index contributed by atoms with van der Waals surface area (Å²) < 4.78 is 5.13. The summed E-state index contributed by atoms with van der Waals surface area (Å²) >= 11 is 0. The maximum absolute atomic E-state index is 11.3. The van der Waals surface area contributed by atoms with Crippen molar-refractivity contribution in [2.75, 3.05) is 6.61 Å². The zero-order chi connectivity index (χ0) is 27.9. The number of hydrogen-bond donors (Lipinski definition) is 0. The van der Waals surface area contributed by atoms with Crippen LogP contribution in [0.5, 0.6) is 0 Å². The van der Waals surface area contributed by atoms with Crippen molar-refractivity contribution in [3.8, 4) is 0 Å². The predicted octanol–water partition coefficient (Wildman–Crippen LogP) is 12.7. The Morgan fingerprint density at radius 3 is 1.13 bits per heavy atom. The first-order chi connectivity index (χ1) is 18.6. The summed E-state index contributed by atoms with van der Waals surface area (Å²) in [6.45, 7) is 10.6. The Kier molecular flexibility index (Phi) is 30.1. The monoisotopic (exact) mass is 535 g/mol. The second-order valence-electron chi connectivity index (χ2n) is 12.4. The van der Waals surface area contributed by atoms with Crippen LogP contribution in [-0.2, 0) is 9.53 Å². The van der Waals surface area contributed by atoms with Crippen LogP contribution in [0.1, 0.15) is 201 Å². The first-order valence-corrected chi connectivity index (χ1v) is 17.4. The van der Waals surface area contributed by atoms with E-state index in [1.54, 1.807) is 6.92 Å². The minimum absolute atomic E-state index is 0.250. The third-order valence-electron chi connectivity index (χ3n) is 8.22. The van der Waals surface area contributed by atoms with Crippen molar-refractivity contribution >= 4 is 5.97 Å². The highest BCUT2D eigenvalue weighted by atomic mass is 16.5. The summed E-state index contributed by atoms with van der Waals surface area (Å²) in [5, 5.41) is 0. The van der Waals surface area contributed by atoms with Gasteiger partial charge >= 0.3 is 5.97 Å². The fraction of sp³-hybridized carbons (Fsp3) is 0.917. The Bertz CT molecular complexity index is 498. The van der Waals surface area contributed by atoms with Gasteiger partial charge in [0.15, 0.2) is 0 Å². The van der Waals surface area contributed by atoms with Gasteiger partial charge in [0.1, 0.15) is 0 Å². The molecule has 0 aliphatic carbocycles. The van der Waals surface area contributed by atoms with Crippen molar-refractivity contribution in [2.24, 2.45) is 5.92 Å². The highest BCUT2D eigenvalue weighted by Gasteiger charge is 2.03. The van der Waals surface area contributed by atoms with E-state index in [0.717, 1.165) is 12.3 Å². The summed E-state index contributed by atoms with van der Waals surface area (Å²) in [5.74, 6) is 0.706. The summed E-state index contributed by atoms with van der Waals surface area (Å²) in [7, 11) is 0. The molecule has 1 atom stereocenters. The second-order valence-corrected chi connectivity index (χ2v) is 12.4. The highest BCUT2D eigenvalue weighted by molar-refractivity contribution is 5.86. The van der Waals surface area contributed by atoms with Gasteiger partial charge < -0.3 is 4.74 Å². The van der Waals surface area contributed by atoms with Gasteiger partial charge in [-0.05, 0) is 19.3 Å². The lowest BCUT2D eigenvalue weighted by molar-refractivity contribution is -0.139. The number of esters is 1. The van der Waals surface area contributed by atoms with Crippen LogP contribution in [0.3, 0.4) is 0 Å². The molecule has 0 N–H and O–H groups in total. The highest BCUT2D eigenvalue weighted by Crippen LogP contribution is 2.19. The number of hydrogen-bond acceptors (Lipinski definition) is 2. The molecule has 0 amide bonds. The van der Waals surface area contributed by atoms with Crippen LogP contribution >= 0.6 is 0 Å². The van der Waals surface area contributed by atoms with Gasteiger partial charge in [-0.15, -0.1) is 0 Å². The molecular formula is C36H70O2. The van der Waals surface area contributed by atoms with Crippen molar-refractivity contribution in [2.45, 2.75) is 201 Å². The molecule has 0 saturated heterocycles. The fourth-order valence-corrected chi connectivity index (χ4v) is 5.48. The minimum Gasteiger partial charge on any atom is -0.462 e. The van der Waals surface area contributed by atoms with Gasteiger partial charge in [-0.2, -0.15) is 0 Å². The maximum Gasteiger partial charge on any atom is 0.333 e. The molecule has 2 nitrogen and oxygen atoms in total. The Morgan fingerprint density at radius 2 is 0.816 bits per heavy atom. The van der Waals surface area contributed by atoms with Crippen molar-refractivity contribution in [1.82, 2.24) is 0 Å². The predicted molar refractivity (Wildman–Crippen MR) is 170 cm³/mol. The van der Waals surface area contributed by atoms with Gasteiger partial charge in [-0.1, -0.05) is 194 Å². The molecule has 0 saturated carbocycles. The van der Waals surface area contributed by atoms with E-state index in [1.807, 2.05) is 0 Å². The number of carbonyl (C=O) groups is 1. The molecule has 0 spiro atoms. The van der Waals surface area contributed by atoms with Crippen molar-refractivity contribution in [1.29, 1.82) is 0 Å². The summed E-state index contributed by atoms with van der Waals surface area (Å²) in [4.78, 5) is 11.3.